The fraction of sp³-hybridized carbons (Fsp3) is 0.667. The SMILES string of the molecule is Cc1nn(C)c(C)c1OCC(=O)N1CC(C(=O)O)CCC1C. The van der Waals surface area contributed by atoms with E-state index in [-0.39, 0.29) is 25.1 Å². The molecule has 0 aliphatic carbocycles. The van der Waals surface area contributed by atoms with Crippen LogP contribution >= 0.6 is 0 Å². The summed E-state index contributed by atoms with van der Waals surface area (Å²) in [5.41, 5.74) is 1.60. The summed E-state index contributed by atoms with van der Waals surface area (Å²) in [4.78, 5) is 25.1. The summed E-state index contributed by atoms with van der Waals surface area (Å²) >= 11 is 0. The first kappa shape index (κ1) is 16.3. The van der Waals surface area contributed by atoms with Crippen molar-refractivity contribution in [3.8, 4) is 5.75 Å². The first-order valence-electron chi connectivity index (χ1n) is 7.46. The molecule has 0 saturated carbocycles. The molecule has 1 aromatic heterocycles. The van der Waals surface area contributed by atoms with Crippen LogP contribution in [0.4, 0.5) is 0 Å². The number of hydrogen-bond donors (Lipinski definition) is 1. The maximum Gasteiger partial charge on any atom is 0.308 e. The van der Waals surface area contributed by atoms with Crippen molar-refractivity contribution in [2.24, 2.45) is 13.0 Å². The topological polar surface area (TPSA) is 84.7 Å². The van der Waals surface area contributed by atoms with E-state index in [2.05, 4.69) is 5.10 Å². The highest BCUT2D eigenvalue weighted by Crippen LogP contribution is 2.24. The van der Waals surface area contributed by atoms with Crippen LogP contribution in [-0.2, 0) is 16.6 Å². The summed E-state index contributed by atoms with van der Waals surface area (Å²) in [5, 5.41) is 13.4. The first-order valence-corrected chi connectivity index (χ1v) is 7.46. The highest BCUT2D eigenvalue weighted by molar-refractivity contribution is 5.79. The van der Waals surface area contributed by atoms with E-state index in [4.69, 9.17) is 9.84 Å². The van der Waals surface area contributed by atoms with E-state index in [0.717, 1.165) is 11.4 Å². The van der Waals surface area contributed by atoms with E-state index in [1.807, 2.05) is 27.8 Å². The number of ether oxygens (including phenoxy) is 1. The Morgan fingerprint density at radius 1 is 1.36 bits per heavy atom. The smallest absolute Gasteiger partial charge is 0.308 e. The van der Waals surface area contributed by atoms with Crippen LogP contribution in [0, 0.1) is 19.8 Å². The molecule has 7 nitrogen and oxygen atoms in total. The Kier molecular flexibility index (Phi) is 4.73. The number of carboxylic acid groups (broad SMARTS) is 1. The molecule has 122 valence electrons. The molecule has 1 aliphatic heterocycles. The van der Waals surface area contributed by atoms with Crippen molar-refractivity contribution in [1.82, 2.24) is 14.7 Å². The Morgan fingerprint density at radius 2 is 2.05 bits per heavy atom. The minimum absolute atomic E-state index is 0.0443. The van der Waals surface area contributed by atoms with Gasteiger partial charge in [0.05, 0.1) is 11.6 Å². The second-order valence-electron chi connectivity index (χ2n) is 5.92. The van der Waals surface area contributed by atoms with Gasteiger partial charge in [0.25, 0.3) is 5.91 Å². The summed E-state index contributed by atoms with van der Waals surface area (Å²) in [5.74, 6) is -0.886. The van der Waals surface area contributed by atoms with Gasteiger partial charge < -0.3 is 14.7 Å². The molecule has 0 spiro atoms. The molecule has 1 aromatic rings. The summed E-state index contributed by atoms with van der Waals surface area (Å²) in [6, 6.07) is 0.0443. The van der Waals surface area contributed by atoms with E-state index >= 15 is 0 Å². The molecule has 0 bridgehead atoms. The number of aromatic nitrogens is 2. The Hall–Kier alpha value is -2.05. The largest absolute Gasteiger partial charge is 0.481 e. The van der Waals surface area contributed by atoms with E-state index in [1.165, 1.54) is 0 Å². The van der Waals surface area contributed by atoms with Gasteiger partial charge in [0.2, 0.25) is 0 Å². The monoisotopic (exact) mass is 309 g/mol. The quantitative estimate of drug-likeness (QED) is 0.901. The van der Waals surface area contributed by atoms with Gasteiger partial charge in [0.1, 0.15) is 5.69 Å². The third kappa shape index (κ3) is 3.23. The maximum absolute atomic E-state index is 12.4. The van der Waals surface area contributed by atoms with Crippen LogP contribution in [0.15, 0.2) is 0 Å². The van der Waals surface area contributed by atoms with Crippen LogP contribution in [0.1, 0.15) is 31.2 Å². The summed E-state index contributed by atoms with van der Waals surface area (Å²) in [6.07, 6.45) is 1.32. The number of carboxylic acids is 1. The Morgan fingerprint density at radius 3 is 2.59 bits per heavy atom. The van der Waals surface area contributed by atoms with Crippen molar-refractivity contribution in [1.29, 1.82) is 0 Å². The number of piperidine rings is 1. The molecule has 2 unspecified atom stereocenters. The second-order valence-corrected chi connectivity index (χ2v) is 5.92. The number of hydrogen-bond acceptors (Lipinski definition) is 4. The van der Waals surface area contributed by atoms with Crippen molar-refractivity contribution >= 4 is 11.9 Å². The van der Waals surface area contributed by atoms with E-state index < -0.39 is 11.9 Å². The van der Waals surface area contributed by atoms with Gasteiger partial charge in [-0.05, 0) is 33.6 Å². The number of carbonyl (C=O) groups is 2. The molecule has 1 aliphatic rings. The number of nitrogens with zero attached hydrogens (tertiary/aromatic N) is 3. The van der Waals surface area contributed by atoms with Gasteiger partial charge in [-0.2, -0.15) is 5.10 Å². The van der Waals surface area contributed by atoms with Crippen molar-refractivity contribution in [3.05, 3.63) is 11.4 Å². The minimum Gasteiger partial charge on any atom is -0.481 e. The van der Waals surface area contributed by atoms with Crippen molar-refractivity contribution in [3.63, 3.8) is 0 Å². The van der Waals surface area contributed by atoms with Gasteiger partial charge >= 0.3 is 5.97 Å². The Balaban J connectivity index is 2.00. The number of aryl methyl sites for hydroxylation is 2. The molecular formula is C15H23N3O4. The molecule has 2 rings (SSSR count). The fourth-order valence-electron chi connectivity index (χ4n) is 2.84. The van der Waals surface area contributed by atoms with E-state index in [9.17, 15) is 9.59 Å². The molecule has 2 atom stereocenters. The van der Waals surface area contributed by atoms with E-state index in [0.29, 0.717) is 18.6 Å². The van der Waals surface area contributed by atoms with Gasteiger partial charge in [-0.3, -0.25) is 14.3 Å². The minimum atomic E-state index is -0.843. The van der Waals surface area contributed by atoms with Crippen molar-refractivity contribution in [2.75, 3.05) is 13.2 Å². The van der Waals surface area contributed by atoms with Gasteiger partial charge in [-0.25, -0.2) is 0 Å². The lowest BCUT2D eigenvalue weighted by Gasteiger charge is -2.36. The Bertz CT molecular complexity index is 582. The lowest BCUT2D eigenvalue weighted by atomic mass is 9.93. The highest BCUT2D eigenvalue weighted by atomic mass is 16.5. The standard InChI is InChI=1S/C15H23N3O4/c1-9-5-6-12(15(20)21)7-18(9)13(19)8-22-14-10(2)16-17(4)11(14)3/h9,12H,5-8H2,1-4H3,(H,20,21). The number of rotatable bonds is 4. The van der Waals surface area contributed by atoms with Crippen LogP contribution < -0.4 is 4.74 Å². The summed E-state index contributed by atoms with van der Waals surface area (Å²) in [7, 11) is 1.82. The molecule has 2 heterocycles. The molecule has 1 saturated heterocycles. The number of aliphatic carboxylic acids is 1. The summed E-state index contributed by atoms with van der Waals surface area (Å²) < 4.78 is 7.33. The van der Waals surface area contributed by atoms with Crippen LogP contribution in [-0.4, -0.2) is 50.9 Å². The van der Waals surface area contributed by atoms with Gasteiger partial charge in [0.15, 0.2) is 12.4 Å². The normalized spacial score (nSPS) is 21.7. The molecule has 0 radical (unpaired) electrons. The number of amides is 1. The molecule has 7 heteroatoms. The molecule has 1 amide bonds. The first-order chi connectivity index (χ1) is 10.3. The van der Waals surface area contributed by atoms with Crippen LogP contribution in [0.2, 0.25) is 0 Å². The predicted molar refractivity (Wildman–Crippen MR) is 79.7 cm³/mol. The predicted octanol–water partition coefficient (Wildman–Crippen LogP) is 1.13. The van der Waals surface area contributed by atoms with Gasteiger partial charge in [-0.1, -0.05) is 0 Å². The molecule has 0 aromatic carbocycles. The van der Waals surface area contributed by atoms with Crippen LogP contribution in [0.25, 0.3) is 0 Å². The molecule has 1 N–H and O–H groups in total. The number of carbonyl (C=O) groups excluding carboxylic acids is 1. The maximum atomic E-state index is 12.4. The van der Waals surface area contributed by atoms with E-state index in [1.54, 1.807) is 9.58 Å². The molecule has 1 fully saturated rings. The third-order valence-electron chi connectivity index (χ3n) is 4.33. The zero-order valence-electron chi connectivity index (χ0n) is 13.5. The van der Waals surface area contributed by atoms with Crippen LogP contribution in [0.5, 0.6) is 5.75 Å². The van der Waals surface area contributed by atoms with Crippen LogP contribution in [0.3, 0.4) is 0 Å². The third-order valence-corrected chi connectivity index (χ3v) is 4.33. The van der Waals surface area contributed by atoms with Gasteiger partial charge in [0, 0.05) is 19.6 Å². The lowest BCUT2D eigenvalue weighted by Crippen LogP contribution is -2.49. The Labute approximate surface area is 129 Å². The van der Waals surface area contributed by atoms with Crippen molar-refractivity contribution in [2.45, 2.75) is 39.7 Å². The zero-order chi connectivity index (χ0) is 16.4. The summed E-state index contributed by atoms with van der Waals surface area (Å²) in [6.45, 7) is 5.81. The highest BCUT2D eigenvalue weighted by Gasteiger charge is 2.32. The zero-order valence-corrected chi connectivity index (χ0v) is 13.5. The number of likely N-dealkylation sites (tertiary alicyclic amines) is 1. The fourth-order valence-corrected chi connectivity index (χ4v) is 2.84. The molecular weight excluding hydrogens is 286 g/mol. The molecule has 22 heavy (non-hydrogen) atoms. The lowest BCUT2D eigenvalue weighted by molar-refractivity contribution is -0.147. The van der Waals surface area contributed by atoms with Crippen molar-refractivity contribution < 1.29 is 19.4 Å². The average molecular weight is 309 g/mol. The average Bonchev–Trinajstić information content (AvgIpc) is 2.70. The van der Waals surface area contributed by atoms with Gasteiger partial charge in [-0.15, -0.1) is 0 Å². The second kappa shape index (κ2) is 6.37.